The van der Waals surface area contributed by atoms with Crippen LogP contribution in [0.2, 0.25) is 0 Å². The standard InChI is InChI=1S/C15H25NOS/c1-12-7-9-13(10-8-12)18(6,17)16-11-15(16,5)14(2,3)4/h7-10,17H,11H2,1-6H3. The first kappa shape index (κ1) is 13.9. The van der Waals surface area contributed by atoms with Gasteiger partial charge in [-0.1, -0.05) is 49.0 Å². The zero-order valence-electron chi connectivity index (χ0n) is 12.3. The molecule has 0 saturated carbocycles. The molecule has 0 spiro atoms. The van der Waals surface area contributed by atoms with Gasteiger partial charge in [-0.3, -0.25) is 0 Å². The lowest BCUT2D eigenvalue weighted by molar-refractivity contribution is 0.275. The number of hydrogen-bond acceptors (Lipinski definition) is 2. The van der Waals surface area contributed by atoms with Gasteiger partial charge in [0.1, 0.15) is 0 Å². The summed E-state index contributed by atoms with van der Waals surface area (Å²) in [6.45, 7) is 12.0. The van der Waals surface area contributed by atoms with Gasteiger partial charge in [-0.05, 0) is 31.4 Å². The summed E-state index contributed by atoms with van der Waals surface area (Å²) in [5.74, 6) is 0. The summed E-state index contributed by atoms with van der Waals surface area (Å²) < 4.78 is 13.2. The van der Waals surface area contributed by atoms with Crippen LogP contribution in [0.5, 0.6) is 0 Å². The van der Waals surface area contributed by atoms with Crippen LogP contribution in [0.25, 0.3) is 0 Å². The molecule has 18 heavy (non-hydrogen) atoms. The van der Waals surface area contributed by atoms with Crippen molar-refractivity contribution >= 4 is 10.5 Å². The predicted octanol–water partition coefficient (Wildman–Crippen LogP) is 4.30. The third kappa shape index (κ3) is 2.09. The van der Waals surface area contributed by atoms with Crippen LogP contribution in [0.1, 0.15) is 33.3 Å². The van der Waals surface area contributed by atoms with E-state index < -0.39 is 10.5 Å². The first-order valence-corrected chi connectivity index (χ1v) is 8.40. The van der Waals surface area contributed by atoms with Gasteiger partial charge in [-0.25, -0.2) is 4.31 Å². The molecule has 3 heteroatoms. The maximum absolute atomic E-state index is 10.9. The van der Waals surface area contributed by atoms with Gasteiger partial charge in [0.05, 0.1) is 0 Å². The number of nitrogens with zero attached hydrogens (tertiary/aromatic N) is 1. The molecule has 1 aromatic carbocycles. The average Bonchev–Trinajstić information content (AvgIpc) is 2.93. The Morgan fingerprint density at radius 2 is 1.72 bits per heavy atom. The van der Waals surface area contributed by atoms with Crippen molar-refractivity contribution in [1.82, 2.24) is 4.31 Å². The smallest absolute Gasteiger partial charge is 0.0478 e. The van der Waals surface area contributed by atoms with Gasteiger partial charge in [-0.15, -0.1) is 0 Å². The minimum atomic E-state index is -1.84. The minimum Gasteiger partial charge on any atom is -0.334 e. The Balaban J connectivity index is 2.27. The highest BCUT2D eigenvalue weighted by Crippen LogP contribution is 2.65. The van der Waals surface area contributed by atoms with Gasteiger partial charge in [0.15, 0.2) is 0 Å². The monoisotopic (exact) mass is 267 g/mol. The molecule has 1 heterocycles. The van der Waals surface area contributed by atoms with Crippen LogP contribution in [-0.2, 0) is 0 Å². The van der Waals surface area contributed by atoms with Crippen molar-refractivity contribution in [2.24, 2.45) is 5.41 Å². The lowest BCUT2D eigenvalue weighted by Crippen LogP contribution is -2.32. The van der Waals surface area contributed by atoms with Crippen LogP contribution in [-0.4, -0.2) is 27.2 Å². The van der Waals surface area contributed by atoms with Gasteiger partial charge in [0.25, 0.3) is 0 Å². The number of rotatable bonds is 2. The molecule has 0 amide bonds. The second kappa shape index (κ2) is 3.99. The molecule has 3 unspecified atom stereocenters. The van der Waals surface area contributed by atoms with Crippen LogP contribution in [0.15, 0.2) is 29.2 Å². The van der Waals surface area contributed by atoms with Crippen LogP contribution >= 0.6 is 10.5 Å². The molecule has 0 radical (unpaired) electrons. The van der Waals surface area contributed by atoms with Crippen LogP contribution < -0.4 is 0 Å². The van der Waals surface area contributed by atoms with Crippen LogP contribution in [0.3, 0.4) is 0 Å². The summed E-state index contributed by atoms with van der Waals surface area (Å²) in [4.78, 5) is 1.06. The molecule has 3 atom stereocenters. The molecule has 2 nitrogen and oxygen atoms in total. The van der Waals surface area contributed by atoms with Crippen molar-refractivity contribution in [3.8, 4) is 0 Å². The Labute approximate surface area is 113 Å². The number of benzene rings is 1. The quantitative estimate of drug-likeness (QED) is 0.808. The Bertz CT molecular complexity index is 447. The van der Waals surface area contributed by atoms with Crippen molar-refractivity contribution in [3.05, 3.63) is 29.8 Å². The highest BCUT2D eigenvalue weighted by Gasteiger charge is 2.60. The van der Waals surface area contributed by atoms with E-state index in [0.717, 1.165) is 11.4 Å². The molecule has 0 aliphatic carbocycles. The summed E-state index contributed by atoms with van der Waals surface area (Å²) >= 11 is 0. The Hall–Kier alpha value is -0.510. The summed E-state index contributed by atoms with van der Waals surface area (Å²) in [7, 11) is -1.84. The molecular formula is C15H25NOS. The van der Waals surface area contributed by atoms with E-state index in [1.807, 2.05) is 6.26 Å². The molecule has 1 aliphatic rings. The molecule has 0 aromatic heterocycles. The molecule has 2 rings (SSSR count). The second-order valence-electron chi connectivity index (χ2n) is 6.71. The zero-order valence-corrected chi connectivity index (χ0v) is 13.1. The topological polar surface area (TPSA) is 23.2 Å². The summed E-state index contributed by atoms with van der Waals surface area (Å²) in [6, 6.07) is 8.28. The van der Waals surface area contributed by atoms with Crippen LogP contribution in [0.4, 0.5) is 0 Å². The average molecular weight is 267 g/mol. The van der Waals surface area contributed by atoms with E-state index in [0.29, 0.717) is 0 Å². The van der Waals surface area contributed by atoms with Crippen molar-refractivity contribution in [3.63, 3.8) is 0 Å². The molecule has 0 bridgehead atoms. The lowest BCUT2D eigenvalue weighted by atomic mass is 9.82. The van der Waals surface area contributed by atoms with Gasteiger partial charge < -0.3 is 4.55 Å². The maximum Gasteiger partial charge on any atom is 0.0478 e. The summed E-state index contributed by atoms with van der Waals surface area (Å²) in [5, 5.41) is 0. The van der Waals surface area contributed by atoms with E-state index >= 15 is 0 Å². The van der Waals surface area contributed by atoms with Gasteiger partial charge in [-0.2, -0.15) is 0 Å². The van der Waals surface area contributed by atoms with E-state index in [2.05, 4.69) is 63.2 Å². The highest BCUT2D eigenvalue weighted by atomic mass is 32.3. The van der Waals surface area contributed by atoms with Gasteiger partial charge in [0, 0.05) is 23.2 Å². The fraction of sp³-hybridized carbons (Fsp3) is 0.600. The lowest BCUT2D eigenvalue weighted by Gasteiger charge is -2.38. The number of aryl methyl sites for hydroxylation is 1. The molecule has 1 aromatic rings. The van der Waals surface area contributed by atoms with Crippen molar-refractivity contribution in [2.75, 3.05) is 12.8 Å². The third-order valence-corrected chi connectivity index (χ3v) is 6.97. The third-order valence-electron chi connectivity index (χ3n) is 4.41. The molecule has 1 aliphatic heterocycles. The molecule has 1 saturated heterocycles. The predicted molar refractivity (Wildman–Crippen MR) is 80.2 cm³/mol. The van der Waals surface area contributed by atoms with E-state index in [1.165, 1.54) is 5.56 Å². The summed E-state index contributed by atoms with van der Waals surface area (Å²) in [6.07, 6.45) is 1.98. The second-order valence-corrected chi connectivity index (χ2v) is 9.29. The summed E-state index contributed by atoms with van der Waals surface area (Å²) in [5.41, 5.74) is 1.53. The minimum absolute atomic E-state index is 0.108. The Kier molecular flexibility index (Phi) is 3.08. The van der Waals surface area contributed by atoms with Crippen molar-refractivity contribution in [1.29, 1.82) is 0 Å². The first-order chi connectivity index (χ1) is 8.09. The van der Waals surface area contributed by atoms with Gasteiger partial charge in [0.2, 0.25) is 0 Å². The van der Waals surface area contributed by atoms with E-state index in [-0.39, 0.29) is 11.0 Å². The fourth-order valence-electron chi connectivity index (χ4n) is 2.30. The molecular weight excluding hydrogens is 242 g/mol. The van der Waals surface area contributed by atoms with Crippen molar-refractivity contribution < 1.29 is 4.55 Å². The van der Waals surface area contributed by atoms with Crippen molar-refractivity contribution in [2.45, 2.75) is 45.1 Å². The maximum atomic E-state index is 10.9. The van der Waals surface area contributed by atoms with Gasteiger partial charge >= 0.3 is 0 Å². The normalized spacial score (nSPS) is 32.7. The van der Waals surface area contributed by atoms with E-state index in [1.54, 1.807) is 0 Å². The fourth-order valence-corrected chi connectivity index (χ4v) is 4.76. The van der Waals surface area contributed by atoms with E-state index in [4.69, 9.17) is 0 Å². The Morgan fingerprint density at radius 3 is 2.11 bits per heavy atom. The SMILES string of the molecule is Cc1ccc(S(C)(O)N2CC2(C)C(C)(C)C)cc1. The highest BCUT2D eigenvalue weighted by molar-refractivity contribution is 8.26. The largest absolute Gasteiger partial charge is 0.334 e. The Morgan fingerprint density at radius 1 is 1.22 bits per heavy atom. The molecule has 102 valence electrons. The first-order valence-electron chi connectivity index (χ1n) is 6.44. The van der Waals surface area contributed by atoms with E-state index in [9.17, 15) is 4.55 Å². The molecule has 1 fully saturated rings. The zero-order chi connectivity index (χ0) is 13.8. The number of hydrogen-bond donors (Lipinski definition) is 1. The molecule has 1 N–H and O–H groups in total. The van der Waals surface area contributed by atoms with Crippen LogP contribution in [0, 0.1) is 12.3 Å².